The summed E-state index contributed by atoms with van der Waals surface area (Å²) in [6, 6.07) is 0. The van der Waals surface area contributed by atoms with Gasteiger partial charge >= 0.3 is 0 Å². The maximum atomic E-state index is 8.59. The van der Waals surface area contributed by atoms with Gasteiger partial charge in [-0.05, 0) is 0 Å². The van der Waals surface area contributed by atoms with Crippen molar-refractivity contribution in [2.24, 2.45) is 0 Å². The molecule has 0 atom stereocenters. The third kappa shape index (κ3) is 35.2. The van der Waals surface area contributed by atoms with Gasteiger partial charge < -0.3 is 0 Å². The van der Waals surface area contributed by atoms with Gasteiger partial charge in [-0.15, -0.1) is 0 Å². The summed E-state index contributed by atoms with van der Waals surface area (Å²) in [5.41, 5.74) is 0. The Kier molecular flexibility index (Phi) is 10.0. The van der Waals surface area contributed by atoms with E-state index in [1.807, 2.05) is 0 Å². The molecule has 0 fully saturated rings. The van der Waals surface area contributed by atoms with Crippen LogP contribution >= 0.6 is 0 Å². The van der Waals surface area contributed by atoms with Crippen LogP contribution in [0.25, 0.3) is 0 Å². The van der Waals surface area contributed by atoms with Crippen LogP contribution < -0.4 is 0 Å². The van der Waals surface area contributed by atoms with Crippen molar-refractivity contribution in [2.75, 3.05) is 0 Å². The number of rotatable bonds is 0. The summed E-state index contributed by atoms with van der Waals surface area (Å²) >= 11 is 0. The third-order valence-corrected chi connectivity index (χ3v) is 0. The Hall–Kier alpha value is 1.26. The van der Waals surface area contributed by atoms with Crippen molar-refractivity contribution >= 4 is 11.0 Å². The number of thiol groups is 1. The second-order valence-electron chi connectivity index (χ2n) is 0.238. The number of hydrogen-bond acceptors (Lipinski definition) is 2. The van der Waals surface area contributed by atoms with E-state index in [1.165, 1.54) is 0 Å². The Balaban J connectivity index is 0. The minimum absolute atomic E-state index is 0. The fourth-order valence-electron chi connectivity index (χ4n) is 0. The van der Waals surface area contributed by atoms with Crippen molar-refractivity contribution < 1.29 is 53.8 Å². The van der Waals surface area contributed by atoms with Gasteiger partial charge in [0.15, 0.2) is 0 Å². The molecule has 0 aromatic carbocycles. The monoisotopic (exact) mass is 224 g/mol. The summed E-state index contributed by atoms with van der Waals surface area (Å²) in [6.45, 7) is 0. The molecule has 30 valence electrons. The Labute approximate surface area is 64.1 Å². The van der Waals surface area contributed by atoms with E-state index in [0.29, 0.717) is 0 Å². The van der Waals surface area contributed by atoms with Crippen LogP contribution in [0.4, 0.5) is 0 Å². The summed E-state index contributed by atoms with van der Waals surface area (Å²) in [7, 11) is -3.12. The molecule has 0 aromatic rings. The van der Waals surface area contributed by atoms with E-state index in [0.717, 1.165) is 0 Å². The minimum atomic E-state index is -3.12. The molecule has 0 spiro atoms. The molecular formula is H2NdO3S. The molecule has 0 unspecified atom stereocenters. The van der Waals surface area contributed by atoms with E-state index in [2.05, 4.69) is 0 Å². The molecule has 5 heavy (non-hydrogen) atoms. The predicted octanol–water partition coefficient (Wildman–Crippen LogP) is -0.929. The topological polar surface area (TPSA) is 54.4 Å². The summed E-state index contributed by atoms with van der Waals surface area (Å²) < 4.78 is 24.2. The first-order valence-electron chi connectivity index (χ1n) is 0.565. The van der Waals surface area contributed by atoms with Gasteiger partial charge in [0.2, 0.25) is 0 Å². The fraction of sp³-hybridized carbons (Fsp3) is 0. The second-order valence-corrected chi connectivity index (χ2v) is 0.714. The van der Waals surface area contributed by atoms with Crippen LogP contribution in [0.1, 0.15) is 0 Å². The van der Waals surface area contributed by atoms with Crippen molar-refractivity contribution in [2.45, 2.75) is 0 Å². The average Bonchev–Trinajstić information content (AvgIpc) is 0.811. The molecule has 0 aliphatic heterocycles. The van der Waals surface area contributed by atoms with E-state index in [1.54, 1.807) is 0 Å². The maximum Gasteiger partial charge on any atom is 0.254 e. The van der Waals surface area contributed by atoms with Crippen LogP contribution in [-0.2, 0) is 11.0 Å². The minimum Gasteiger partial charge on any atom is -0.288 e. The van der Waals surface area contributed by atoms with Crippen LogP contribution in [0.5, 0.6) is 0 Å². The molecule has 0 aliphatic carbocycles. The molecule has 0 aromatic heterocycles. The van der Waals surface area contributed by atoms with E-state index >= 15 is 0 Å². The molecular weight excluding hydrogens is 224 g/mol. The zero-order valence-corrected chi connectivity index (χ0v) is 6.31. The van der Waals surface area contributed by atoms with Crippen LogP contribution in [0, 0.1) is 40.8 Å². The molecule has 1 N–H and O–H groups in total. The van der Waals surface area contributed by atoms with Crippen LogP contribution in [-0.4, -0.2) is 13.0 Å². The summed E-state index contributed by atoms with van der Waals surface area (Å²) in [5.74, 6) is 0. The summed E-state index contributed by atoms with van der Waals surface area (Å²) in [6.07, 6.45) is 0. The van der Waals surface area contributed by atoms with Gasteiger partial charge in [0.1, 0.15) is 0 Å². The number of hydrogen-bond donors (Lipinski definition) is 2. The van der Waals surface area contributed by atoms with Crippen molar-refractivity contribution in [3.05, 3.63) is 0 Å². The van der Waals surface area contributed by atoms with E-state index in [-0.39, 0.29) is 40.8 Å². The largest absolute Gasteiger partial charge is 0.288 e. The van der Waals surface area contributed by atoms with E-state index in [9.17, 15) is 0 Å². The smallest absolute Gasteiger partial charge is 0.254 e. The Bertz CT molecular complexity index is 55.3. The fourth-order valence-corrected chi connectivity index (χ4v) is 0. The molecule has 0 bridgehead atoms. The SMILES string of the molecule is O=[SH](=O)O.[Nd]. The second kappa shape index (κ2) is 5.26. The standard InChI is InChI=1S/Nd.H2O3S/c;1-4(2)3/h;4H,(H,1,2,3). The zero-order valence-electron chi connectivity index (χ0n) is 2.21. The molecule has 0 radical (unpaired) electrons. The van der Waals surface area contributed by atoms with Gasteiger partial charge in [-0.2, -0.15) is 0 Å². The van der Waals surface area contributed by atoms with Crippen LogP contribution in [0.15, 0.2) is 0 Å². The van der Waals surface area contributed by atoms with Gasteiger partial charge in [0.25, 0.3) is 11.0 Å². The Morgan fingerprint density at radius 1 is 1.40 bits per heavy atom. The molecule has 5 heteroatoms. The Morgan fingerprint density at radius 3 is 1.40 bits per heavy atom. The zero-order chi connectivity index (χ0) is 3.58. The van der Waals surface area contributed by atoms with Gasteiger partial charge in [-0.25, -0.2) is 8.42 Å². The third-order valence-electron chi connectivity index (χ3n) is 0. The first-order valence-corrected chi connectivity index (χ1v) is 1.70. The normalized spacial score (nSPS) is 6.80. The first kappa shape index (κ1) is 9.54. The molecule has 0 saturated carbocycles. The van der Waals surface area contributed by atoms with E-state index in [4.69, 9.17) is 13.0 Å². The van der Waals surface area contributed by atoms with Gasteiger partial charge in [-0.1, -0.05) is 0 Å². The van der Waals surface area contributed by atoms with Crippen molar-refractivity contribution in [1.82, 2.24) is 0 Å². The van der Waals surface area contributed by atoms with Gasteiger partial charge in [-0.3, -0.25) is 4.55 Å². The van der Waals surface area contributed by atoms with Crippen LogP contribution in [0.2, 0.25) is 0 Å². The quantitative estimate of drug-likeness (QED) is 0.414. The van der Waals surface area contributed by atoms with Crippen molar-refractivity contribution in [1.29, 1.82) is 0 Å². The predicted molar refractivity (Wildman–Crippen MR) is 12.9 cm³/mol. The summed E-state index contributed by atoms with van der Waals surface area (Å²) in [4.78, 5) is 0. The molecule has 0 saturated heterocycles. The van der Waals surface area contributed by atoms with Crippen molar-refractivity contribution in [3.63, 3.8) is 0 Å². The van der Waals surface area contributed by atoms with Gasteiger partial charge in [0.05, 0.1) is 0 Å². The van der Waals surface area contributed by atoms with Crippen molar-refractivity contribution in [3.8, 4) is 0 Å². The Morgan fingerprint density at radius 2 is 1.40 bits per heavy atom. The maximum absolute atomic E-state index is 8.59. The van der Waals surface area contributed by atoms with Gasteiger partial charge in [0, 0.05) is 40.8 Å². The van der Waals surface area contributed by atoms with E-state index < -0.39 is 11.0 Å². The molecule has 0 rings (SSSR count). The molecule has 0 aliphatic rings. The summed E-state index contributed by atoms with van der Waals surface area (Å²) in [5, 5.41) is 0. The molecule has 3 nitrogen and oxygen atoms in total. The molecule has 0 amide bonds. The molecule has 0 heterocycles. The average molecular weight is 226 g/mol. The van der Waals surface area contributed by atoms with Crippen LogP contribution in [0.3, 0.4) is 0 Å². The first-order chi connectivity index (χ1) is 1.73.